The van der Waals surface area contributed by atoms with Crippen molar-refractivity contribution in [2.24, 2.45) is 0 Å². The highest BCUT2D eigenvalue weighted by atomic mass is 79.9. The maximum Gasteiger partial charge on any atom is 0.340 e. The Morgan fingerprint density at radius 1 is 1.32 bits per heavy atom. The number of nitriles is 1. The largest absolute Gasteiger partial charge is 0.462 e. The van der Waals surface area contributed by atoms with E-state index < -0.39 is 5.97 Å². The molecule has 1 aromatic heterocycles. The van der Waals surface area contributed by atoms with Crippen molar-refractivity contribution < 1.29 is 9.53 Å². The van der Waals surface area contributed by atoms with Gasteiger partial charge in [0.25, 0.3) is 0 Å². The number of anilines is 1. The number of carbonyl (C=O) groups excluding carboxylic acids is 1. The molecule has 2 aromatic carbocycles. The van der Waals surface area contributed by atoms with Crippen molar-refractivity contribution in [1.29, 1.82) is 5.26 Å². The molecule has 1 heterocycles. The van der Waals surface area contributed by atoms with Crippen LogP contribution in [0.1, 0.15) is 22.3 Å². The molecule has 0 aliphatic carbocycles. The minimum atomic E-state index is -0.413. The van der Waals surface area contributed by atoms with Gasteiger partial charge in [0, 0.05) is 21.6 Å². The first-order chi connectivity index (χ1) is 13.6. The molecule has 7 heteroatoms. The topological polar surface area (TPSA) is 75.0 Å². The van der Waals surface area contributed by atoms with Crippen LogP contribution in [-0.4, -0.2) is 17.6 Å². The van der Waals surface area contributed by atoms with Crippen molar-refractivity contribution in [3.8, 4) is 17.3 Å². The predicted octanol–water partition coefficient (Wildman–Crippen LogP) is 5.73. The molecule has 0 saturated carbocycles. The van der Waals surface area contributed by atoms with E-state index in [1.165, 1.54) is 11.3 Å². The van der Waals surface area contributed by atoms with E-state index in [-0.39, 0.29) is 0 Å². The highest BCUT2D eigenvalue weighted by molar-refractivity contribution is 9.10. The number of esters is 1. The molecule has 0 aliphatic rings. The van der Waals surface area contributed by atoms with E-state index >= 15 is 0 Å². The van der Waals surface area contributed by atoms with Crippen LogP contribution in [0.25, 0.3) is 16.8 Å². The second-order valence-electron chi connectivity index (χ2n) is 5.63. The van der Waals surface area contributed by atoms with Gasteiger partial charge in [-0.1, -0.05) is 40.2 Å². The Balaban J connectivity index is 1.85. The number of ether oxygens (including phenoxy) is 1. The first-order valence-electron chi connectivity index (χ1n) is 8.47. The first kappa shape index (κ1) is 19.8. The van der Waals surface area contributed by atoms with E-state index in [1.807, 2.05) is 29.6 Å². The SMILES string of the molecule is CCOC(=O)c1ccccc1N/C=C(/C#N)c1nc(-c2cccc(Br)c2)cs1. The van der Waals surface area contributed by atoms with Gasteiger partial charge in [0.05, 0.1) is 23.6 Å². The van der Waals surface area contributed by atoms with Crippen molar-refractivity contribution >= 4 is 44.5 Å². The van der Waals surface area contributed by atoms with Gasteiger partial charge in [0.2, 0.25) is 0 Å². The number of hydrogen-bond donors (Lipinski definition) is 1. The van der Waals surface area contributed by atoms with Gasteiger partial charge < -0.3 is 10.1 Å². The number of hydrogen-bond acceptors (Lipinski definition) is 6. The lowest BCUT2D eigenvalue weighted by atomic mass is 10.1. The summed E-state index contributed by atoms with van der Waals surface area (Å²) in [4.78, 5) is 16.6. The average molecular weight is 454 g/mol. The van der Waals surface area contributed by atoms with E-state index in [0.29, 0.717) is 28.4 Å². The summed E-state index contributed by atoms with van der Waals surface area (Å²) in [5.74, 6) is -0.413. The first-order valence-corrected chi connectivity index (χ1v) is 10.1. The smallest absolute Gasteiger partial charge is 0.340 e. The van der Waals surface area contributed by atoms with Gasteiger partial charge in [0.1, 0.15) is 16.6 Å². The van der Waals surface area contributed by atoms with E-state index in [1.54, 1.807) is 37.4 Å². The lowest BCUT2D eigenvalue weighted by Crippen LogP contribution is -2.07. The number of benzene rings is 2. The number of rotatable bonds is 6. The fourth-order valence-corrected chi connectivity index (χ4v) is 3.66. The van der Waals surface area contributed by atoms with Crippen LogP contribution in [0.5, 0.6) is 0 Å². The summed E-state index contributed by atoms with van der Waals surface area (Å²) >= 11 is 4.84. The van der Waals surface area contributed by atoms with Crippen molar-refractivity contribution in [1.82, 2.24) is 4.98 Å². The van der Waals surface area contributed by atoms with E-state index in [2.05, 4.69) is 32.3 Å². The van der Waals surface area contributed by atoms with E-state index in [0.717, 1.165) is 15.7 Å². The molecule has 3 aromatic rings. The van der Waals surface area contributed by atoms with Crippen LogP contribution < -0.4 is 5.32 Å². The number of thiazole rings is 1. The molecule has 140 valence electrons. The van der Waals surface area contributed by atoms with Crippen LogP contribution in [0.3, 0.4) is 0 Å². The van der Waals surface area contributed by atoms with Crippen LogP contribution in [0, 0.1) is 11.3 Å². The molecule has 0 saturated heterocycles. The molecule has 3 rings (SSSR count). The van der Waals surface area contributed by atoms with Crippen molar-refractivity contribution in [2.75, 3.05) is 11.9 Å². The maximum absolute atomic E-state index is 12.1. The molecular weight excluding hydrogens is 438 g/mol. The Morgan fingerprint density at radius 2 is 2.14 bits per heavy atom. The number of nitrogens with one attached hydrogen (secondary N) is 1. The van der Waals surface area contributed by atoms with Crippen molar-refractivity contribution in [3.05, 3.63) is 75.2 Å². The molecule has 28 heavy (non-hydrogen) atoms. The van der Waals surface area contributed by atoms with Gasteiger partial charge in [-0.05, 0) is 31.2 Å². The van der Waals surface area contributed by atoms with E-state index in [4.69, 9.17) is 4.74 Å². The molecule has 0 unspecified atom stereocenters. The Kier molecular flexibility index (Phi) is 6.58. The van der Waals surface area contributed by atoms with Gasteiger partial charge >= 0.3 is 5.97 Å². The van der Waals surface area contributed by atoms with Gasteiger partial charge in [-0.2, -0.15) is 5.26 Å². The number of para-hydroxylation sites is 1. The molecule has 0 aliphatic heterocycles. The predicted molar refractivity (Wildman–Crippen MR) is 115 cm³/mol. The van der Waals surface area contributed by atoms with Crippen LogP contribution in [0.2, 0.25) is 0 Å². The average Bonchev–Trinajstić information content (AvgIpc) is 3.19. The van der Waals surface area contributed by atoms with Gasteiger partial charge in [-0.3, -0.25) is 0 Å². The van der Waals surface area contributed by atoms with E-state index in [9.17, 15) is 10.1 Å². The molecule has 0 radical (unpaired) electrons. The van der Waals surface area contributed by atoms with Crippen LogP contribution in [0.4, 0.5) is 5.69 Å². The zero-order valence-corrected chi connectivity index (χ0v) is 17.4. The highest BCUT2D eigenvalue weighted by Crippen LogP contribution is 2.28. The summed E-state index contributed by atoms with van der Waals surface area (Å²) < 4.78 is 6.04. The third-order valence-electron chi connectivity index (χ3n) is 3.77. The molecule has 0 amide bonds. The Morgan fingerprint density at radius 3 is 2.89 bits per heavy atom. The molecule has 0 atom stereocenters. The fraction of sp³-hybridized carbons (Fsp3) is 0.0952. The third-order valence-corrected chi connectivity index (χ3v) is 5.14. The summed E-state index contributed by atoms with van der Waals surface area (Å²) in [6.07, 6.45) is 1.56. The zero-order chi connectivity index (χ0) is 19.9. The Labute approximate surface area is 175 Å². The van der Waals surface area contributed by atoms with Crippen LogP contribution in [-0.2, 0) is 4.74 Å². The zero-order valence-electron chi connectivity index (χ0n) is 15.0. The third kappa shape index (κ3) is 4.66. The Hall–Kier alpha value is -2.95. The Bertz CT molecular complexity index is 1070. The number of halogens is 1. The number of aromatic nitrogens is 1. The maximum atomic E-state index is 12.1. The molecule has 0 fully saturated rings. The van der Waals surface area contributed by atoms with Gasteiger partial charge in [0.15, 0.2) is 0 Å². The van der Waals surface area contributed by atoms with Gasteiger partial charge in [-0.15, -0.1) is 11.3 Å². The molecule has 1 N–H and O–H groups in total. The monoisotopic (exact) mass is 453 g/mol. The van der Waals surface area contributed by atoms with Crippen molar-refractivity contribution in [3.63, 3.8) is 0 Å². The number of carbonyl (C=O) groups is 1. The molecule has 5 nitrogen and oxygen atoms in total. The molecular formula is C21H16BrN3O2S. The summed E-state index contributed by atoms with van der Waals surface area (Å²) in [6, 6.07) is 17.0. The fourth-order valence-electron chi connectivity index (χ4n) is 2.47. The van der Waals surface area contributed by atoms with Gasteiger partial charge in [-0.25, -0.2) is 9.78 Å². The number of nitrogens with zero attached hydrogens (tertiary/aromatic N) is 2. The molecule has 0 bridgehead atoms. The van der Waals surface area contributed by atoms with Crippen LogP contribution in [0.15, 0.2) is 64.6 Å². The summed E-state index contributed by atoms with van der Waals surface area (Å²) in [7, 11) is 0. The molecule has 0 spiro atoms. The highest BCUT2D eigenvalue weighted by Gasteiger charge is 2.13. The lowest BCUT2D eigenvalue weighted by Gasteiger charge is -2.08. The lowest BCUT2D eigenvalue weighted by molar-refractivity contribution is 0.0527. The minimum absolute atomic E-state index is 0.296. The van der Waals surface area contributed by atoms with Crippen molar-refractivity contribution in [2.45, 2.75) is 6.92 Å². The quantitative estimate of drug-likeness (QED) is 0.381. The van der Waals surface area contributed by atoms with Crippen LogP contribution >= 0.6 is 27.3 Å². The summed E-state index contributed by atoms with van der Waals surface area (Å²) in [5, 5.41) is 15.1. The second kappa shape index (κ2) is 9.31. The standard InChI is InChI=1S/C21H16BrN3O2S/c1-2-27-21(26)17-8-3-4-9-18(17)24-12-15(11-23)20-25-19(13-28-20)14-6-5-7-16(22)10-14/h3-10,12-13,24H,2H2,1H3/b15-12-. The number of allylic oxidation sites excluding steroid dienone is 1. The minimum Gasteiger partial charge on any atom is -0.462 e. The normalized spacial score (nSPS) is 11.0. The summed E-state index contributed by atoms with van der Waals surface area (Å²) in [5.41, 5.74) is 3.12. The second-order valence-corrected chi connectivity index (χ2v) is 7.40. The summed E-state index contributed by atoms with van der Waals surface area (Å²) in [6.45, 7) is 2.05.